The van der Waals surface area contributed by atoms with E-state index in [1.54, 1.807) is 0 Å². The highest BCUT2D eigenvalue weighted by atomic mass is 16.3. The minimum atomic E-state index is -0.229. The molecule has 0 bridgehead atoms. The molecular formula is C10H22N2O. The van der Waals surface area contributed by atoms with Gasteiger partial charge in [0.2, 0.25) is 0 Å². The minimum absolute atomic E-state index is 0.229. The van der Waals surface area contributed by atoms with E-state index in [2.05, 4.69) is 24.1 Å². The van der Waals surface area contributed by atoms with E-state index in [0.717, 1.165) is 13.1 Å². The number of nitrogens with zero attached hydrogens (tertiary/aromatic N) is 1. The van der Waals surface area contributed by atoms with E-state index in [9.17, 15) is 5.11 Å². The molecule has 1 aliphatic carbocycles. The van der Waals surface area contributed by atoms with E-state index < -0.39 is 0 Å². The van der Waals surface area contributed by atoms with Gasteiger partial charge in [-0.15, -0.1) is 0 Å². The van der Waals surface area contributed by atoms with Gasteiger partial charge in [0.1, 0.15) is 0 Å². The Bertz CT molecular complexity index is 146. The van der Waals surface area contributed by atoms with Gasteiger partial charge in [0.05, 0.1) is 6.10 Å². The fourth-order valence-electron chi connectivity index (χ4n) is 1.20. The van der Waals surface area contributed by atoms with E-state index in [-0.39, 0.29) is 6.10 Å². The Balaban J connectivity index is 2.04. The van der Waals surface area contributed by atoms with Crippen LogP contribution in [0.5, 0.6) is 0 Å². The fraction of sp³-hybridized carbons (Fsp3) is 1.00. The molecule has 1 atom stereocenters. The van der Waals surface area contributed by atoms with Crippen molar-refractivity contribution in [2.75, 3.05) is 20.1 Å². The summed E-state index contributed by atoms with van der Waals surface area (Å²) in [6.07, 6.45) is 2.34. The summed E-state index contributed by atoms with van der Waals surface area (Å²) in [5.74, 6) is 0. The van der Waals surface area contributed by atoms with E-state index in [0.29, 0.717) is 12.1 Å². The van der Waals surface area contributed by atoms with Crippen LogP contribution in [0.1, 0.15) is 26.7 Å². The summed E-state index contributed by atoms with van der Waals surface area (Å²) in [5.41, 5.74) is 0. The molecule has 1 unspecified atom stereocenters. The molecule has 0 amide bonds. The van der Waals surface area contributed by atoms with E-state index in [1.165, 1.54) is 12.8 Å². The van der Waals surface area contributed by atoms with Crippen LogP contribution in [-0.2, 0) is 0 Å². The van der Waals surface area contributed by atoms with Gasteiger partial charge in [0, 0.05) is 25.2 Å². The van der Waals surface area contributed by atoms with Crippen LogP contribution in [0.3, 0.4) is 0 Å². The number of hydrogen-bond donors (Lipinski definition) is 2. The standard InChI is InChI=1S/C10H22N2O/c1-8(2)12(3)7-10(13)6-11-9-4-5-9/h8-11,13H,4-7H2,1-3H3. The van der Waals surface area contributed by atoms with Crippen molar-refractivity contribution in [2.45, 2.75) is 44.9 Å². The lowest BCUT2D eigenvalue weighted by Crippen LogP contribution is -2.39. The van der Waals surface area contributed by atoms with Crippen LogP contribution in [0.4, 0.5) is 0 Å². The van der Waals surface area contributed by atoms with Gasteiger partial charge in [-0.05, 0) is 33.7 Å². The first-order chi connectivity index (χ1) is 6.09. The first-order valence-electron chi connectivity index (χ1n) is 5.21. The summed E-state index contributed by atoms with van der Waals surface area (Å²) in [6.45, 7) is 5.78. The number of aliphatic hydroxyl groups is 1. The molecule has 1 fully saturated rings. The van der Waals surface area contributed by atoms with Crippen molar-refractivity contribution in [1.82, 2.24) is 10.2 Å². The van der Waals surface area contributed by atoms with Crippen molar-refractivity contribution in [3.05, 3.63) is 0 Å². The van der Waals surface area contributed by atoms with Gasteiger partial charge < -0.3 is 15.3 Å². The molecule has 0 spiro atoms. The molecule has 0 aromatic rings. The summed E-state index contributed by atoms with van der Waals surface area (Å²) in [7, 11) is 2.05. The van der Waals surface area contributed by atoms with E-state index in [4.69, 9.17) is 0 Å². The number of likely N-dealkylation sites (N-methyl/N-ethyl adjacent to an activating group) is 1. The second kappa shape index (κ2) is 4.94. The van der Waals surface area contributed by atoms with E-state index >= 15 is 0 Å². The summed E-state index contributed by atoms with van der Waals surface area (Å²) in [4.78, 5) is 2.17. The Hall–Kier alpha value is -0.120. The molecule has 0 radical (unpaired) electrons. The Labute approximate surface area is 81.1 Å². The number of rotatable bonds is 6. The molecule has 0 aromatic heterocycles. The van der Waals surface area contributed by atoms with Crippen molar-refractivity contribution in [3.8, 4) is 0 Å². The lowest BCUT2D eigenvalue weighted by atomic mass is 10.2. The third-order valence-corrected chi connectivity index (χ3v) is 2.60. The molecule has 0 saturated heterocycles. The van der Waals surface area contributed by atoms with Gasteiger partial charge in [-0.25, -0.2) is 0 Å². The van der Waals surface area contributed by atoms with Crippen LogP contribution >= 0.6 is 0 Å². The Morgan fingerprint density at radius 1 is 1.46 bits per heavy atom. The van der Waals surface area contributed by atoms with Crippen LogP contribution in [0, 0.1) is 0 Å². The van der Waals surface area contributed by atoms with Crippen LogP contribution in [0.2, 0.25) is 0 Å². The smallest absolute Gasteiger partial charge is 0.0791 e. The summed E-state index contributed by atoms with van der Waals surface area (Å²) >= 11 is 0. The summed E-state index contributed by atoms with van der Waals surface area (Å²) < 4.78 is 0. The zero-order valence-corrected chi connectivity index (χ0v) is 8.95. The van der Waals surface area contributed by atoms with Gasteiger partial charge in [-0.1, -0.05) is 0 Å². The average Bonchev–Trinajstić information content (AvgIpc) is 2.83. The molecule has 13 heavy (non-hydrogen) atoms. The van der Waals surface area contributed by atoms with Gasteiger partial charge in [-0.2, -0.15) is 0 Å². The lowest BCUT2D eigenvalue weighted by molar-refractivity contribution is 0.110. The molecule has 0 aromatic carbocycles. The predicted molar refractivity (Wildman–Crippen MR) is 54.8 cm³/mol. The number of hydrogen-bond acceptors (Lipinski definition) is 3. The Morgan fingerprint density at radius 2 is 2.08 bits per heavy atom. The summed E-state index contributed by atoms with van der Waals surface area (Å²) in [5, 5.41) is 13.0. The zero-order chi connectivity index (χ0) is 9.84. The molecule has 1 rings (SSSR count). The van der Waals surface area contributed by atoms with Crippen molar-refractivity contribution in [3.63, 3.8) is 0 Å². The first-order valence-corrected chi connectivity index (χ1v) is 5.21. The third-order valence-electron chi connectivity index (χ3n) is 2.60. The monoisotopic (exact) mass is 186 g/mol. The van der Waals surface area contributed by atoms with Crippen LogP contribution < -0.4 is 5.32 Å². The molecular weight excluding hydrogens is 164 g/mol. The Kier molecular flexibility index (Phi) is 4.16. The van der Waals surface area contributed by atoms with Gasteiger partial charge in [0.25, 0.3) is 0 Å². The van der Waals surface area contributed by atoms with Crippen molar-refractivity contribution < 1.29 is 5.11 Å². The quantitative estimate of drug-likeness (QED) is 0.632. The molecule has 78 valence electrons. The normalized spacial score (nSPS) is 19.8. The molecule has 2 N–H and O–H groups in total. The first kappa shape index (κ1) is 11.0. The Morgan fingerprint density at radius 3 is 2.54 bits per heavy atom. The zero-order valence-electron chi connectivity index (χ0n) is 8.95. The minimum Gasteiger partial charge on any atom is -0.390 e. The van der Waals surface area contributed by atoms with E-state index in [1.807, 2.05) is 7.05 Å². The number of aliphatic hydroxyl groups excluding tert-OH is 1. The highest BCUT2D eigenvalue weighted by Crippen LogP contribution is 2.18. The van der Waals surface area contributed by atoms with Crippen molar-refractivity contribution >= 4 is 0 Å². The lowest BCUT2D eigenvalue weighted by Gasteiger charge is -2.24. The molecule has 1 saturated carbocycles. The topological polar surface area (TPSA) is 35.5 Å². The van der Waals surface area contributed by atoms with Crippen molar-refractivity contribution in [2.24, 2.45) is 0 Å². The van der Waals surface area contributed by atoms with Crippen LogP contribution in [0.25, 0.3) is 0 Å². The highest BCUT2D eigenvalue weighted by molar-refractivity contribution is 4.82. The molecule has 0 aliphatic heterocycles. The third kappa shape index (κ3) is 4.60. The van der Waals surface area contributed by atoms with Crippen LogP contribution in [0.15, 0.2) is 0 Å². The predicted octanol–water partition coefficient (Wildman–Crippen LogP) is 0.439. The van der Waals surface area contributed by atoms with Crippen LogP contribution in [-0.4, -0.2) is 48.3 Å². The summed E-state index contributed by atoms with van der Waals surface area (Å²) in [6, 6.07) is 1.20. The maximum atomic E-state index is 9.64. The molecule has 3 heteroatoms. The van der Waals surface area contributed by atoms with Crippen molar-refractivity contribution in [1.29, 1.82) is 0 Å². The molecule has 0 heterocycles. The number of nitrogens with one attached hydrogen (secondary N) is 1. The van der Waals surface area contributed by atoms with Gasteiger partial charge in [-0.3, -0.25) is 0 Å². The highest BCUT2D eigenvalue weighted by Gasteiger charge is 2.21. The molecule has 3 nitrogen and oxygen atoms in total. The average molecular weight is 186 g/mol. The maximum absolute atomic E-state index is 9.64. The molecule has 1 aliphatic rings. The van der Waals surface area contributed by atoms with Gasteiger partial charge in [0.15, 0.2) is 0 Å². The largest absolute Gasteiger partial charge is 0.390 e. The second-order valence-electron chi connectivity index (χ2n) is 4.37. The van der Waals surface area contributed by atoms with Gasteiger partial charge >= 0.3 is 0 Å². The fourth-order valence-corrected chi connectivity index (χ4v) is 1.20. The maximum Gasteiger partial charge on any atom is 0.0791 e. The second-order valence-corrected chi connectivity index (χ2v) is 4.37. The SMILES string of the molecule is CC(C)N(C)CC(O)CNC1CC1.